The molecule has 0 radical (unpaired) electrons. The van der Waals surface area contributed by atoms with Crippen LogP contribution in [0.2, 0.25) is 0 Å². The zero-order valence-electron chi connectivity index (χ0n) is 16.1. The van der Waals surface area contributed by atoms with Crippen LogP contribution in [0.4, 0.5) is 5.82 Å². The van der Waals surface area contributed by atoms with Gasteiger partial charge in [-0.3, -0.25) is 4.79 Å². The average Bonchev–Trinajstić information content (AvgIpc) is 3.17. The first-order chi connectivity index (χ1) is 14.3. The number of nitrogens with zero attached hydrogens (tertiary/aromatic N) is 3. The molecule has 1 aromatic carbocycles. The average molecular weight is 392 g/mol. The van der Waals surface area contributed by atoms with E-state index in [1.807, 2.05) is 30.3 Å². The van der Waals surface area contributed by atoms with Gasteiger partial charge < -0.3 is 25.3 Å². The van der Waals surface area contributed by atoms with Gasteiger partial charge in [0.05, 0.1) is 24.0 Å². The summed E-state index contributed by atoms with van der Waals surface area (Å²) >= 11 is 0. The number of amides is 1. The Kier molecular flexibility index (Phi) is 4.77. The Morgan fingerprint density at radius 3 is 2.86 bits per heavy atom. The van der Waals surface area contributed by atoms with Gasteiger partial charge in [-0.1, -0.05) is 18.2 Å². The van der Waals surface area contributed by atoms with Crippen LogP contribution < -0.4 is 15.4 Å². The molecule has 2 aliphatic rings. The third-order valence-electron chi connectivity index (χ3n) is 5.52. The fourth-order valence-electron chi connectivity index (χ4n) is 3.95. The minimum Gasteiger partial charge on any atom is -0.487 e. The molecule has 2 aliphatic heterocycles. The van der Waals surface area contributed by atoms with Crippen LogP contribution in [0.15, 0.2) is 42.9 Å². The quantitative estimate of drug-likeness (QED) is 0.615. The van der Waals surface area contributed by atoms with Crippen LogP contribution in [0.25, 0.3) is 11.0 Å². The molecule has 2 saturated heterocycles. The maximum Gasteiger partial charge on any atom is 0.256 e. The van der Waals surface area contributed by atoms with E-state index in [4.69, 9.17) is 4.74 Å². The molecule has 8 nitrogen and oxygen atoms in total. The highest BCUT2D eigenvalue weighted by atomic mass is 16.5. The predicted molar refractivity (Wildman–Crippen MR) is 110 cm³/mol. The molecule has 1 amide bonds. The first-order valence-electron chi connectivity index (χ1n) is 10.1. The molecule has 0 aliphatic carbocycles. The number of nitrogens with one attached hydrogen (secondary N) is 3. The van der Waals surface area contributed by atoms with Gasteiger partial charge in [0.25, 0.3) is 5.91 Å². The van der Waals surface area contributed by atoms with Crippen molar-refractivity contribution in [1.29, 1.82) is 0 Å². The summed E-state index contributed by atoms with van der Waals surface area (Å²) in [7, 11) is 0. The number of para-hydroxylation sites is 1. The second kappa shape index (κ2) is 7.71. The molecule has 2 fully saturated rings. The minimum atomic E-state index is -0.0243. The van der Waals surface area contributed by atoms with Gasteiger partial charge in [-0.2, -0.15) is 0 Å². The van der Waals surface area contributed by atoms with E-state index in [2.05, 4.69) is 25.6 Å². The van der Waals surface area contributed by atoms with Crippen LogP contribution in [0, 0.1) is 0 Å². The van der Waals surface area contributed by atoms with Crippen LogP contribution in [-0.4, -0.2) is 64.1 Å². The van der Waals surface area contributed by atoms with Gasteiger partial charge >= 0.3 is 0 Å². The van der Waals surface area contributed by atoms with Gasteiger partial charge in [0.1, 0.15) is 29.6 Å². The van der Waals surface area contributed by atoms with E-state index in [0.717, 1.165) is 37.1 Å². The number of fused-ring (bicyclic) bond motifs is 1. The van der Waals surface area contributed by atoms with Crippen molar-refractivity contribution in [3.63, 3.8) is 0 Å². The number of H-pyrrole nitrogens is 1. The van der Waals surface area contributed by atoms with E-state index in [9.17, 15) is 4.79 Å². The van der Waals surface area contributed by atoms with E-state index >= 15 is 0 Å². The van der Waals surface area contributed by atoms with E-state index in [0.29, 0.717) is 36.2 Å². The predicted octanol–water partition coefficient (Wildman–Crippen LogP) is 2.03. The summed E-state index contributed by atoms with van der Waals surface area (Å²) in [6.45, 7) is 3.09. The monoisotopic (exact) mass is 392 g/mol. The highest BCUT2D eigenvalue weighted by molar-refractivity contribution is 6.09. The third-order valence-corrected chi connectivity index (χ3v) is 5.52. The van der Waals surface area contributed by atoms with Crippen LogP contribution >= 0.6 is 0 Å². The van der Waals surface area contributed by atoms with Gasteiger partial charge in [0, 0.05) is 18.8 Å². The van der Waals surface area contributed by atoms with Crippen LogP contribution in [0.3, 0.4) is 0 Å². The molecule has 8 heteroatoms. The molecule has 0 saturated carbocycles. The normalized spacial score (nSPS) is 19.7. The standard InChI is InChI=1S/C21H24N6O2/c28-21(27-11-16(12-27)29-15-6-2-1-3-7-15)17-10-23-19-18(17)20(25-13-24-19)26-14-5-4-8-22-9-14/h1-3,6-7,10,13-14,16,22H,4-5,8-9,11-12H2,(H2,23,24,25,26). The van der Waals surface area contributed by atoms with Gasteiger partial charge in [0.2, 0.25) is 0 Å². The summed E-state index contributed by atoms with van der Waals surface area (Å²) < 4.78 is 5.91. The molecular weight excluding hydrogens is 368 g/mol. The lowest BCUT2D eigenvalue weighted by atomic mass is 10.1. The number of piperidine rings is 1. The van der Waals surface area contributed by atoms with Crippen LogP contribution in [-0.2, 0) is 0 Å². The summed E-state index contributed by atoms with van der Waals surface area (Å²) in [6.07, 6.45) is 5.49. The first kappa shape index (κ1) is 17.9. The summed E-state index contributed by atoms with van der Waals surface area (Å²) in [5, 5.41) is 7.65. The van der Waals surface area contributed by atoms with Crippen molar-refractivity contribution >= 4 is 22.8 Å². The smallest absolute Gasteiger partial charge is 0.256 e. The Morgan fingerprint density at radius 2 is 2.07 bits per heavy atom. The van der Waals surface area contributed by atoms with Crippen molar-refractivity contribution in [3.8, 4) is 5.75 Å². The molecule has 29 heavy (non-hydrogen) atoms. The first-order valence-corrected chi connectivity index (χ1v) is 10.1. The van der Waals surface area contributed by atoms with Crippen molar-refractivity contribution in [1.82, 2.24) is 25.2 Å². The topological polar surface area (TPSA) is 95.2 Å². The number of carbonyl (C=O) groups excluding carboxylic acids is 1. The van der Waals surface area contributed by atoms with Gasteiger partial charge in [0.15, 0.2) is 0 Å². The Labute approximate surface area is 168 Å². The Hall–Kier alpha value is -3.13. The number of hydrogen-bond acceptors (Lipinski definition) is 6. The number of aromatic amines is 1. The molecular formula is C21H24N6O2. The zero-order valence-corrected chi connectivity index (χ0v) is 16.1. The van der Waals surface area contributed by atoms with Crippen LogP contribution in [0.1, 0.15) is 23.2 Å². The highest BCUT2D eigenvalue weighted by Gasteiger charge is 2.34. The Bertz CT molecular complexity index is 993. The molecule has 4 heterocycles. The van der Waals surface area contributed by atoms with Crippen molar-refractivity contribution in [2.75, 3.05) is 31.5 Å². The SMILES string of the molecule is O=C(c1c[nH]c2ncnc(NC3CCCNC3)c12)N1CC(Oc2ccccc2)C1. The Balaban J connectivity index is 1.30. The molecule has 2 aromatic heterocycles. The van der Waals surface area contributed by atoms with Crippen LogP contribution in [0.5, 0.6) is 5.75 Å². The summed E-state index contributed by atoms with van der Waals surface area (Å²) in [6, 6.07) is 10.0. The Morgan fingerprint density at radius 1 is 1.21 bits per heavy atom. The number of aromatic nitrogens is 3. The molecule has 5 rings (SSSR count). The number of likely N-dealkylation sites (tertiary alicyclic amines) is 1. The van der Waals surface area contributed by atoms with E-state index < -0.39 is 0 Å². The number of benzene rings is 1. The van der Waals surface area contributed by atoms with E-state index in [1.54, 1.807) is 11.1 Å². The lowest BCUT2D eigenvalue weighted by molar-refractivity contribution is 0.0179. The van der Waals surface area contributed by atoms with Gasteiger partial charge in [-0.15, -0.1) is 0 Å². The van der Waals surface area contributed by atoms with E-state index in [1.165, 1.54) is 6.33 Å². The number of rotatable bonds is 5. The summed E-state index contributed by atoms with van der Waals surface area (Å²) in [5.74, 6) is 1.52. The largest absolute Gasteiger partial charge is 0.487 e. The van der Waals surface area contributed by atoms with Gasteiger partial charge in [-0.05, 0) is 31.5 Å². The second-order valence-corrected chi connectivity index (χ2v) is 7.60. The molecule has 3 N–H and O–H groups in total. The lowest BCUT2D eigenvalue weighted by Crippen LogP contribution is -2.56. The second-order valence-electron chi connectivity index (χ2n) is 7.60. The lowest BCUT2D eigenvalue weighted by Gasteiger charge is -2.38. The van der Waals surface area contributed by atoms with Crippen molar-refractivity contribution in [2.24, 2.45) is 0 Å². The molecule has 1 unspecified atom stereocenters. The minimum absolute atomic E-state index is 0.0220. The highest BCUT2D eigenvalue weighted by Crippen LogP contribution is 2.28. The van der Waals surface area contributed by atoms with Crippen molar-refractivity contribution in [3.05, 3.63) is 48.4 Å². The zero-order chi connectivity index (χ0) is 19.6. The van der Waals surface area contributed by atoms with Gasteiger partial charge in [-0.25, -0.2) is 9.97 Å². The maximum atomic E-state index is 13.1. The van der Waals surface area contributed by atoms with Crippen molar-refractivity contribution in [2.45, 2.75) is 25.0 Å². The fraction of sp³-hybridized carbons (Fsp3) is 0.381. The third kappa shape index (κ3) is 3.63. The number of carbonyl (C=O) groups is 1. The molecule has 0 bridgehead atoms. The fourth-order valence-corrected chi connectivity index (χ4v) is 3.95. The summed E-state index contributed by atoms with van der Waals surface area (Å²) in [4.78, 5) is 26.7. The van der Waals surface area contributed by atoms with Crippen molar-refractivity contribution < 1.29 is 9.53 Å². The summed E-state index contributed by atoms with van der Waals surface area (Å²) in [5.41, 5.74) is 1.28. The molecule has 3 aromatic rings. The number of anilines is 1. The molecule has 0 spiro atoms. The number of ether oxygens (including phenoxy) is 1. The number of hydrogen-bond donors (Lipinski definition) is 3. The molecule has 150 valence electrons. The maximum absolute atomic E-state index is 13.1. The van der Waals surface area contributed by atoms with E-state index in [-0.39, 0.29) is 12.0 Å². The molecule has 1 atom stereocenters.